The number of rotatable bonds is 16. The third kappa shape index (κ3) is 8.54. The first kappa shape index (κ1) is 32.0. The molecular weight excluding hydrogens is 560 g/mol. The van der Waals surface area contributed by atoms with Crippen LogP contribution in [-0.4, -0.2) is 28.8 Å². The maximum Gasteiger partial charge on any atom is 0.213 e. The number of phenols is 4. The minimum atomic E-state index is -4.34. The molecule has 4 aromatic rings. The summed E-state index contributed by atoms with van der Waals surface area (Å²) in [6, 6.07) is 25.3. The van der Waals surface area contributed by atoms with Crippen LogP contribution in [0.1, 0.15) is 73.6 Å². The Labute approximate surface area is 255 Å². The zero-order valence-corrected chi connectivity index (χ0v) is 25.4. The van der Waals surface area contributed by atoms with E-state index in [0.717, 1.165) is 63.5 Å². The van der Waals surface area contributed by atoms with Gasteiger partial charge < -0.3 is 20.4 Å². The van der Waals surface area contributed by atoms with Gasteiger partial charge in [0.2, 0.25) is 9.84 Å². The van der Waals surface area contributed by atoms with Gasteiger partial charge in [0.1, 0.15) is 32.8 Å². The smallest absolute Gasteiger partial charge is 0.213 e. The monoisotopic (exact) mass is 602 g/mol. The Hall–Kier alpha value is -3.97. The van der Waals surface area contributed by atoms with Gasteiger partial charge in [-0.05, 0) is 86.8 Å². The highest BCUT2D eigenvalue weighted by Crippen LogP contribution is 2.42. The normalized spacial score (nSPS) is 11.5. The van der Waals surface area contributed by atoms with Crippen LogP contribution in [-0.2, 0) is 35.5 Å². The Bertz CT molecular complexity index is 1450. The summed E-state index contributed by atoms with van der Waals surface area (Å²) in [7, 11) is -4.34. The van der Waals surface area contributed by atoms with Gasteiger partial charge in [-0.3, -0.25) is 0 Å². The zero-order valence-electron chi connectivity index (χ0n) is 24.6. The molecule has 0 saturated carbocycles. The number of sulfone groups is 1. The van der Waals surface area contributed by atoms with E-state index in [1.165, 1.54) is 23.3 Å². The lowest BCUT2D eigenvalue weighted by atomic mass is 10.0. The molecule has 0 aliphatic rings. The second kappa shape index (κ2) is 15.5. The van der Waals surface area contributed by atoms with Crippen LogP contribution in [0.2, 0.25) is 0 Å². The molecule has 0 radical (unpaired) electrons. The van der Waals surface area contributed by atoms with Crippen molar-refractivity contribution >= 4 is 9.84 Å². The molecule has 0 bridgehead atoms. The predicted molar refractivity (Wildman–Crippen MR) is 170 cm³/mol. The van der Waals surface area contributed by atoms with Crippen molar-refractivity contribution in [1.29, 1.82) is 0 Å². The number of hydrogen-bond donors (Lipinski definition) is 4. The van der Waals surface area contributed by atoms with Gasteiger partial charge in [-0.2, -0.15) is 0 Å². The van der Waals surface area contributed by atoms with Crippen LogP contribution in [0.4, 0.5) is 0 Å². The lowest BCUT2D eigenvalue weighted by molar-refractivity contribution is 0.422. The Morgan fingerprint density at radius 2 is 0.767 bits per heavy atom. The van der Waals surface area contributed by atoms with Crippen molar-refractivity contribution < 1.29 is 28.8 Å². The lowest BCUT2D eigenvalue weighted by Crippen LogP contribution is -2.06. The minimum absolute atomic E-state index is 0.163. The molecule has 0 aliphatic carbocycles. The molecule has 7 heteroatoms. The highest BCUT2D eigenvalue weighted by Gasteiger charge is 2.29. The van der Waals surface area contributed by atoms with Crippen LogP contribution in [0.5, 0.6) is 23.0 Å². The fourth-order valence-corrected chi connectivity index (χ4v) is 7.00. The van der Waals surface area contributed by atoms with E-state index >= 15 is 0 Å². The summed E-state index contributed by atoms with van der Waals surface area (Å²) >= 11 is 0. The van der Waals surface area contributed by atoms with Gasteiger partial charge in [-0.1, -0.05) is 86.3 Å². The second-order valence-corrected chi connectivity index (χ2v) is 13.0. The number of phenolic OH excluding ortho intramolecular Hbond substituents is 4. The maximum absolute atomic E-state index is 13.6. The quantitative estimate of drug-likeness (QED) is 0.0965. The third-order valence-electron chi connectivity index (χ3n) is 7.99. The van der Waals surface area contributed by atoms with Crippen molar-refractivity contribution in [1.82, 2.24) is 0 Å². The topological polar surface area (TPSA) is 115 Å². The fourth-order valence-electron chi connectivity index (χ4n) is 5.51. The van der Waals surface area contributed by atoms with E-state index in [-0.39, 0.29) is 32.4 Å². The average Bonchev–Trinajstić information content (AvgIpc) is 3.00. The van der Waals surface area contributed by atoms with E-state index in [2.05, 4.69) is 24.3 Å². The molecule has 0 saturated heterocycles. The number of benzene rings is 4. The number of aromatic hydroxyl groups is 4. The molecule has 228 valence electrons. The first-order valence-corrected chi connectivity index (χ1v) is 16.7. The largest absolute Gasteiger partial charge is 0.508 e. The molecule has 4 N–H and O–H groups in total. The van der Waals surface area contributed by atoms with E-state index in [9.17, 15) is 28.8 Å². The number of hydrogen-bond acceptors (Lipinski definition) is 6. The predicted octanol–water partition coefficient (Wildman–Crippen LogP) is 8.03. The summed E-state index contributed by atoms with van der Waals surface area (Å²) in [6.07, 6.45) is 9.71. The van der Waals surface area contributed by atoms with Crippen molar-refractivity contribution in [3.63, 3.8) is 0 Å². The molecule has 0 fully saturated rings. The Kier molecular flexibility index (Phi) is 11.5. The standard InChI is InChI=1S/C36H42O6S/c37-31-23-25-33(35(39)29(31)21-13-3-1-7-15-27-17-9-5-10-18-27)43(41,42)34-26-24-32(38)30(36(34)40)22-14-4-2-8-16-28-19-11-6-12-20-28/h5-6,9-12,17-20,23-26,37-40H,1-4,7-8,13-16,21-22H2. The fraction of sp³-hybridized carbons (Fsp3) is 0.333. The Balaban J connectivity index is 1.37. The molecule has 4 rings (SSSR count). The summed E-state index contributed by atoms with van der Waals surface area (Å²) < 4.78 is 27.2. The maximum atomic E-state index is 13.6. The highest BCUT2D eigenvalue weighted by atomic mass is 32.2. The van der Waals surface area contributed by atoms with E-state index in [1.807, 2.05) is 36.4 Å². The van der Waals surface area contributed by atoms with Gasteiger partial charge in [-0.15, -0.1) is 0 Å². The van der Waals surface area contributed by atoms with Crippen molar-refractivity contribution in [2.75, 3.05) is 0 Å². The molecule has 0 heterocycles. The summed E-state index contributed by atoms with van der Waals surface area (Å²) in [5.41, 5.74) is 2.93. The molecule has 0 aromatic heterocycles. The van der Waals surface area contributed by atoms with E-state index in [4.69, 9.17) is 0 Å². The van der Waals surface area contributed by atoms with Gasteiger partial charge >= 0.3 is 0 Å². The molecule has 0 amide bonds. The minimum Gasteiger partial charge on any atom is -0.508 e. The van der Waals surface area contributed by atoms with Crippen LogP contribution in [0.25, 0.3) is 0 Å². The van der Waals surface area contributed by atoms with Gasteiger partial charge in [0.15, 0.2) is 0 Å². The summed E-state index contributed by atoms with van der Waals surface area (Å²) in [6.45, 7) is 0. The lowest BCUT2D eigenvalue weighted by Gasteiger charge is -2.15. The first-order valence-electron chi connectivity index (χ1n) is 15.2. The number of aryl methyl sites for hydroxylation is 2. The summed E-state index contributed by atoms with van der Waals surface area (Å²) in [5, 5.41) is 42.8. The summed E-state index contributed by atoms with van der Waals surface area (Å²) in [4.78, 5) is -0.755. The average molecular weight is 603 g/mol. The molecule has 0 spiro atoms. The van der Waals surface area contributed by atoms with Crippen molar-refractivity contribution in [3.8, 4) is 23.0 Å². The molecule has 4 aromatic carbocycles. The molecule has 0 unspecified atom stereocenters. The van der Waals surface area contributed by atoms with Crippen LogP contribution in [0.3, 0.4) is 0 Å². The first-order chi connectivity index (χ1) is 20.8. The van der Waals surface area contributed by atoms with Crippen LogP contribution >= 0.6 is 0 Å². The van der Waals surface area contributed by atoms with Crippen molar-refractivity contribution in [2.45, 2.75) is 86.8 Å². The SMILES string of the molecule is O=S(=O)(c1ccc(O)c(CCCCCCc2ccccc2)c1O)c1ccc(O)c(CCCCCCc2ccccc2)c1O. The molecule has 0 aliphatic heterocycles. The summed E-state index contributed by atoms with van der Waals surface area (Å²) in [5.74, 6) is -1.33. The zero-order chi connectivity index (χ0) is 30.7. The Morgan fingerprint density at radius 3 is 1.14 bits per heavy atom. The van der Waals surface area contributed by atoms with Gasteiger partial charge in [0.05, 0.1) is 0 Å². The van der Waals surface area contributed by atoms with E-state index in [0.29, 0.717) is 25.7 Å². The van der Waals surface area contributed by atoms with Gasteiger partial charge in [0, 0.05) is 11.1 Å². The second-order valence-electron chi connectivity index (χ2n) is 11.1. The third-order valence-corrected chi connectivity index (χ3v) is 9.81. The molecule has 43 heavy (non-hydrogen) atoms. The van der Waals surface area contributed by atoms with Crippen LogP contribution < -0.4 is 0 Å². The van der Waals surface area contributed by atoms with Crippen LogP contribution in [0.15, 0.2) is 94.7 Å². The highest BCUT2D eigenvalue weighted by molar-refractivity contribution is 7.91. The van der Waals surface area contributed by atoms with E-state index < -0.39 is 21.3 Å². The van der Waals surface area contributed by atoms with Crippen molar-refractivity contribution in [3.05, 3.63) is 107 Å². The number of unbranched alkanes of at least 4 members (excludes halogenated alkanes) is 6. The van der Waals surface area contributed by atoms with Gasteiger partial charge in [-0.25, -0.2) is 8.42 Å². The van der Waals surface area contributed by atoms with Crippen molar-refractivity contribution in [2.24, 2.45) is 0 Å². The van der Waals surface area contributed by atoms with Crippen LogP contribution in [0, 0.1) is 0 Å². The Morgan fingerprint density at radius 1 is 0.419 bits per heavy atom. The molecule has 0 atom stereocenters. The van der Waals surface area contributed by atoms with Gasteiger partial charge in [0.25, 0.3) is 0 Å². The molecule has 6 nitrogen and oxygen atoms in total. The molecular formula is C36H42O6S. The van der Waals surface area contributed by atoms with E-state index in [1.54, 1.807) is 0 Å².